The van der Waals surface area contributed by atoms with Gasteiger partial charge in [0.2, 0.25) is 5.91 Å². The van der Waals surface area contributed by atoms with Crippen LogP contribution in [0.3, 0.4) is 0 Å². The second kappa shape index (κ2) is 4.99. The quantitative estimate of drug-likeness (QED) is 0.750. The van der Waals surface area contributed by atoms with Crippen molar-refractivity contribution in [3.8, 4) is 0 Å². The van der Waals surface area contributed by atoms with Crippen LogP contribution in [0.15, 0.2) is 6.07 Å². The molecule has 0 bridgehead atoms. The zero-order chi connectivity index (χ0) is 12.5. The van der Waals surface area contributed by atoms with Gasteiger partial charge in [0.05, 0.1) is 18.7 Å². The highest BCUT2D eigenvalue weighted by Crippen LogP contribution is 2.30. The Kier molecular flexibility index (Phi) is 3.37. The summed E-state index contributed by atoms with van der Waals surface area (Å²) in [4.78, 5) is 14.6. The van der Waals surface area contributed by atoms with Crippen molar-refractivity contribution in [3.05, 3.63) is 21.4 Å². The highest BCUT2D eigenvalue weighted by molar-refractivity contribution is 7.12. The predicted octanol–water partition coefficient (Wildman–Crippen LogP) is 0.576. The summed E-state index contributed by atoms with van der Waals surface area (Å²) < 4.78 is 0. The molecule has 0 radical (unpaired) electrons. The Morgan fingerprint density at radius 2 is 2.44 bits per heavy atom. The Balaban J connectivity index is 1.53. The van der Waals surface area contributed by atoms with Crippen molar-refractivity contribution in [2.24, 2.45) is 0 Å². The fraction of sp³-hybridized carbons (Fsp3) is 0.615. The van der Waals surface area contributed by atoms with Gasteiger partial charge in [-0.05, 0) is 37.3 Å². The molecule has 2 atom stereocenters. The van der Waals surface area contributed by atoms with Crippen LogP contribution in [0.2, 0.25) is 0 Å². The van der Waals surface area contributed by atoms with Crippen molar-refractivity contribution in [1.82, 2.24) is 10.6 Å². The van der Waals surface area contributed by atoms with Crippen molar-refractivity contribution in [1.29, 1.82) is 0 Å². The molecule has 3 N–H and O–H groups in total. The van der Waals surface area contributed by atoms with Gasteiger partial charge >= 0.3 is 0 Å². The molecule has 5 heteroatoms. The standard InChI is InChI=1S/C13H18N2O2S/c16-9-5-11(14-6-9)13(17)15-7-10-4-8-2-1-3-12(8)18-10/h4,9,11,14,16H,1-3,5-7H2,(H,15,17). The van der Waals surface area contributed by atoms with Gasteiger partial charge in [0.1, 0.15) is 0 Å². The Morgan fingerprint density at radius 1 is 1.56 bits per heavy atom. The molecule has 1 aromatic rings. The van der Waals surface area contributed by atoms with E-state index in [4.69, 9.17) is 0 Å². The topological polar surface area (TPSA) is 61.4 Å². The van der Waals surface area contributed by atoms with Crippen molar-refractivity contribution in [3.63, 3.8) is 0 Å². The number of aliphatic hydroxyl groups excluding tert-OH is 1. The normalized spacial score (nSPS) is 26.3. The van der Waals surface area contributed by atoms with Crippen LogP contribution in [0, 0.1) is 0 Å². The van der Waals surface area contributed by atoms with Gasteiger partial charge in [0.25, 0.3) is 0 Å². The van der Waals surface area contributed by atoms with Crippen molar-refractivity contribution >= 4 is 17.2 Å². The van der Waals surface area contributed by atoms with E-state index in [1.165, 1.54) is 34.6 Å². The van der Waals surface area contributed by atoms with E-state index in [9.17, 15) is 9.90 Å². The van der Waals surface area contributed by atoms with Crippen LogP contribution in [0.5, 0.6) is 0 Å². The number of amides is 1. The summed E-state index contributed by atoms with van der Waals surface area (Å²) in [5, 5.41) is 15.3. The van der Waals surface area contributed by atoms with Crippen molar-refractivity contribution < 1.29 is 9.90 Å². The summed E-state index contributed by atoms with van der Waals surface area (Å²) in [7, 11) is 0. The molecule has 98 valence electrons. The number of rotatable bonds is 3. The first-order valence-corrected chi connectivity index (χ1v) is 7.33. The van der Waals surface area contributed by atoms with Gasteiger partial charge in [-0.2, -0.15) is 0 Å². The first-order valence-electron chi connectivity index (χ1n) is 6.52. The lowest BCUT2D eigenvalue weighted by atomic mass is 10.2. The minimum Gasteiger partial charge on any atom is -0.392 e. The van der Waals surface area contributed by atoms with Crippen molar-refractivity contribution in [2.75, 3.05) is 6.54 Å². The number of thiophene rings is 1. The van der Waals surface area contributed by atoms with E-state index in [1.807, 2.05) is 11.3 Å². The van der Waals surface area contributed by atoms with Crippen LogP contribution in [-0.2, 0) is 24.2 Å². The van der Waals surface area contributed by atoms with Gasteiger partial charge in [-0.25, -0.2) is 0 Å². The minimum atomic E-state index is -0.383. The summed E-state index contributed by atoms with van der Waals surface area (Å²) >= 11 is 1.82. The van der Waals surface area contributed by atoms with E-state index in [-0.39, 0.29) is 18.1 Å². The molecular formula is C13H18N2O2S. The molecule has 1 amide bonds. The Labute approximate surface area is 110 Å². The minimum absolute atomic E-state index is 0.000101. The maximum Gasteiger partial charge on any atom is 0.237 e. The lowest BCUT2D eigenvalue weighted by molar-refractivity contribution is -0.123. The van der Waals surface area contributed by atoms with Gasteiger partial charge in [0.15, 0.2) is 0 Å². The smallest absolute Gasteiger partial charge is 0.237 e. The molecule has 0 saturated carbocycles. The maximum atomic E-state index is 11.9. The molecule has 1 saturated heterocycles. The average molecular weight is 266 g/mol. The molecule has 2 aliphatic rings. The van der Waals surface area contributed by atoms with E-state index in [0.29, 0.717) is 19.5 Å². The number of aliphatic hydroxyl groups is 1. The van der Waals surface area contributed by atoms with Crippen LogP contribution < -0.4 is 10.6 Å². The zero-order valence-electron chi connectivity index (χ0n) is 10.2. The van der Waals surface area contributed by atoms with E-state index in [1.54, 1.807) is 0 Å². The van der Waals surface area contributed by atoms with E-state index in [0.717, 1.165) is 0 Å². The molecule has 2 heterocycles. The highest BCUT2D eigenvalue weighted by Gasteiger charge is 2.27. The average Bonchev–Trinajstić information content (AvgIpc) is 3.00. The Hall–Kier alpha value is -0.910. The summed E-state index contributed by atoms with van der Waals surface area (Å²) in [6, 6.07) is 2.00. The molecule has 1 fully saturated rings. The lowest BCUT2D eigenvalue weighted by Crippen LogP contribution is -2.39. The van der Waals surface area contributed by atoms with Crippen LogP contribution in [-0.4, -0.2) is 29.7 Å². The fourth-order valence-corrected chi connectivity index (χ4v) is 3.89. The highest BCUT2D eigenvalue weighted by atomic mass is 32.1. The number of aryl methyl sites for hydroxylation is 2. The van der Waals surface area contributed by atoms with E-state index < -0.39 is 0 Å². The van der Waals surface area contributed by atoms with Crippen LogP contribution >= 0.6 is 11.3 Å². The van der Waals surface area contributed by atoms with Crippen LogP contribution in [0.4, 0.5) is 0 Å². The monoisotopic (exact) mass is 266 g/mol. The Bertz CT molecular complexity index is 436. The van der Waals surface area contributed by atoms with Gasteiger partial charge < -0.3 is 15.7 Å². The van der Waals surface area contributed by atoms with Gasteiger partial charge in [0, 0.05) is 16.3 Å². The summed E-state index contributed by atoms with van der Waals surface area (Å²) in [6.45, 7) is 1.14. The molecule has 3 rings (SSSR count). The summed E-state index contributed by atoms with van der Waals surface area (Å²) in [5.41, 5.74) is 1.47. The Morgan fingerprint density at radius 3 is 3.17 bits per heavy atom. The van der Waals surface area contributed by atoms with E-state index in [2.05, 4.69) is 16.7 Å². The number of nitrogens with one attached hydrogen (secondary N) is 2. The number of hydrogen-bond acceptors (Lipinski definition) is 4. The number of fused-ring (bicyclic) bond motifs is 1. The molecular weight excluding hydrogens is 248 g/mol. The lowest BCUT2D eigenvalue weighted by Gasteiger charge is -2.10. The maximum absolute atomic E-state index is 11.9. The largest absolute Gasteiger partial charge is 0.392 e. The molecule has 4 nitrogen and oxygen atoms in total. The van der Waals surface area contributed by atoms with Gasteiger partial charge in [-0.1, -0.05) is 0 Å². The van der Waals surface area contributed by atoms with Gasteiger partial charge in [-0.15, -0.1) is 11.3 Å². The molecule has 0 aromatic carbocycles. The SMILES string of the molecule is O=C(NCc1cc2c(s1)CCC2)C1CC(O)CN1. The van der Waals surface area contributed by atoms with E-state index >= 15 is 0 Å². The molecule has 2 unspecified atom stereocenters. The third kappa shape index (κ3) is 2.43. The van der Waals surface area contributed by atoms with Crippen LogP contribution in [0.25, 0.3) is 0 Å². The second-order valence-electron chi connectivity index (χ2n) is 5.08. The van der Waals surface area contributed by atoms with Crippen molar-refractivity contribution in [2.45, 2.75) is 44.4 Å². The fourth-order valence-electron chi connectivity index (χ4n) is 2.69. The second-order valence-corrected chi connectivity index (χ2v) is 6.30. The number of β-amino-alcohol motifs (C(OH)–C–C–N with tert-alkyl or cyclic N) is 1. The van der Waals surface area contributed by atoms with Crippen LogP contribution in [0.1, 0.15) is 28.2 Å². The number of carbonyl (C=O) groups excluding carboxylic acids is 1. The molecule has 1 aliphatic heterocycles. The first-order chi connectivity index (χ1) is 8.72. The first kappa shape index (κ1) is 12.1. The summed E-state index contributed by atoms with van der Waals surface area (Å²) in [6.07, 6.45) is 3.80. The summed E-state index contributed by atoms with van der Waals surface area (Å²) in [5.74, 6) is 0.000101. The molecule has 1 aromatic heterocycles. The van der Waals surface area contributed by atoms with Gasteiger partial charge in [-0.3, -0.25) is 4.79 Å². The third-order valence-electron chi connectivity index (χ3n) is 3.66. The molecule has 18 heavy (non-hydrogen) atoms. The predicted molar refractivity (Wildman–Crippen MR) is 70.6 cm³/mol. The number of carbonyl (C=O) groups is 1. The third-order valence-corrected chi connectivity index (χ3v) is 4.90. The zero-order valence-corrected chi connectivity index (χ0v) is 11.1. The molecule has 0 spiro atoms. The molecule has 1 aliphatic carbocycles. The number of hydrogen-bond donors (Lipinski definition) is 3.